The Morgan fingerprint density at radius 2 is 2.60 bits per heavy atom. The molecule has 1 N–H and O–H groups in total. The maximum atomic E-state index is 10.9. The van der Waals surface area contributed by atoms with Crippen molar-refractivity contribution in [2.24, 2.45) is 0 Å². The molecule has 0 unspecified atom stereocenters. The van der Waals surface area contributed by atoms with Gasteiger partial charge in [-0.1, -0.05) is 6.92 Å². The van der Waals surface area contributed by atoms with Gasteiger partial charge in [0.15, 0.2) is 0 Å². The average Bonchev–Trinajstić information content (AvgIpc) is 1.79. The molecular weight excluding hydrogens is 130 g/mol. The van der Waals surface area contributed by atoms with Crippen molar-refractivity contribution >= 4 is 5.97 Å². The van der Waals surface area contributed by atoms with Crippen LogP contribution in [0.1, 0.15) is 21.2 Å². The summed E-state index contributed by atoms with van der Waals surface area (Å²) < 4.78 is 4.89. The Morgan fingerprint density at radius 1 is 1.90 bits per heavy atom. The fourth-order valence-electron chi connectivity index (χ4n) is 0.793. The molecule has 0 radical (unpaired) electrons. The summed E-state index contributed by atoms with van der Waals surface area (Å²) in [6, 6.07) is -0.00782. The van der Waals surface area contributed by atoms with Crippen LogP contribution < -0.4 is 5.32 Å². The molecule has 0 amide bonds. The van der Waals surface area contributed by atoms with Crippen molar-refractivity contribution in [2.45, 2.75) is 25.8 Å². The molecule has 1 rings (SSSR count). The Morgan fingerprint density at radius 3 is 3.00 bits per heavy atom. The van der Waals surface area contributed by atoms with Gasteiger partial charge in [-0.05, 0) is 19.4 Å². The lowest BCUT2D eigenvalue weighted by Crippen LogP contribution is -2.49. The van der Waals surface area contributed by atoms with E-state index in [1.165, 1.54) is 0 Å². The molecule has 1 atom stereocenters. The van der Waals surface area contributed by atoms with Gasteiger partial charge < -0.3 is 10.1 Å². The van der Waals surface area contributed by atoms with Gasteiger partial charge in [0.1, 0.15) is 6.04 Å². The van der Waals surface area contributed by atoms with Crippen LogP contribution in [0, 0.1) is 0 Å². The second-order valence-corrected chi connectivity index (χ2v) is 2.46. The molecule has 0 aromatic heterocycles. The molecule has 0 aliphatic carbocycles. The van der Waals surface area contributed by atoms with Crippen molar-refractivity contribution in [3.8, 4) is 0 Å². The standard InChI is InChI=1S/C7H13NO2.H2/c1-2-5-10-7(9)6-3-4-8-6;/h6,8H,2-5H2,1H3;1H/t6-;/m0./s1. The zero-order valence-corrected chi connectivity index (χ0v) is 6.22. The molecule has 3 nitrogen and oxygen atoms in total. The molecule has 0 aromatic rings. The maximum absolute atomic E-state index is 10.9. The second-order valence-electron chi connectivity index (χ2n) is 2.46. The van der Waals surface area contributed by atoms with E-state index in [1.54, 1.807) is 0 Å². The van der Waals surface area contributed by atoms with Gasteiger partial charge >= 0.3 is 5.97 Å². The molecule has 1 heterocycles. The normalized spacial score (nSPS) is 23.5. The van der Waals surface area contributed by atoms with Gasteiger partial charge in [0.25, 0.3) is 0 Å². The molecule has 0 saturated carbocycles. The monoisotopic (exact) mass is 145 g/mol. The van der Waals surface area contributed by atoms with Crippen molar-refractivity contribution < 1.29 is 11.0 Å². The van der Waals surface area contributed by atoms with Crippen LogP contribution in [0.2, 0.25) is 0 Å². The zero-order valence-electron chi connectivity index (χ0n) is 6.22. The molecule has 1 saturated heterocycles. The van der Waals surface area contributed by atoms with Crippen LogP contribution >= 0.6 is 0 Å². The van der Waals surface area contributed by atoms with Crippen molar-refractivity contribution in [2.75, 3.05) is 13.2 Å². The van der Waals surface area contributed by atoms with Gasteiger partial charge in [0.2, 0.25) is 0 Å². The molecule has 0 aromatic carbocycles. The molecule has 0 spiro atoms. The summed E-state index contributed by atoms with van der Waals surface area (Å²) in [5.41, 5.74) is 0. The number of ether oxygens (including phenoxy) is 1. The smallest absolute Gasteiger partial charge is 0.323 e. The van der Waals surface area contributed by atoms with E-state index >= 15 is 0 Å². The third kappa shape index (κ3) is 1.70. The minimum atomic E-state index is -0.0897. The number of rotatable bonds is 3. The highest BCUT2D eigenvalue weighted by molar-refractivity contribution is 5.76. The Labute approximate surface area is 62.2 Å². The molecule has 60 valence electrons. The fraction of sp³-hybridized carbons (Fsp3) is 0.857. The predicted molar refractivity (Wildman–Crippen MR) is 39.8 cm³/mol. The Balaban J connectivity index is 0.000001000. The van der Waals surface area contributed by atoms with Crippen LogP contribution in [-0.2, 0) is 9.53 Å². The number of hydrogen-bond donors (Lipinski definition) is 1. The third-order valence-corrected chi connectivity index (χ3v) is 1.56. The summed E-state index contributed by atoms with van der Waals surface area (Å²) in [5, 5.41) is 2.98. The number of carbonyl (C=O) groups is 1. The van der Waals surface area contributed by atoms with Gasteiger partial charge in [-0.15, -0.1) is 0 Å². The highest BCUT2D eigenvalue weighted by atomic mass is 16.5. The van der Waals surface area contributed by atoms with Gasteiger partial charge in [-0.25, -0.2) is 0 Å². The van der Waals surface area contributed by atoms with Crippen LogP contribution in [0.15, 0.2) is 0 Å². The van der Waals surface area contributed by atoms with Crippen LogP contribution in [0.25, 0.3) is 0 Å². The summed E-state index contributed by atoms with van der Waals surface area (Å²) in [4.78, 5) is 10.9. The Hall–Kier alpha value is -0.570. The number of hydrogen-bond acceptors (Lipinski definition) is 3. The Kier molecular flexibility index (Phi) is 2.68. The van der Waals surface area contributed by atoms with E-state index in [9.17, 15) is 4.79 Å². The first kappa shape index (κ1) is 7.54. The molecule has 10 heavy (non-hydrogen) atoms. The van der Waals surface area contributed by atoms with Gasteiger partial charge in [0, 0.05) is 1.43 Å². The molecule has 1 fully saturated rings. The largest absolute Gasteiger partial charge is 0.465 e. The minimum absolute atomic E-state index is 0. The topological polar surface area (TPSA) is 38.3 Å². The highest BCUT2D eigenvalue weighted by Crippen LogP contribution is 2.03. The number of nitrogens with one attached hydrogen (secondary N) is 1. The first-order valence-electron chi connectivity index (χ1n) is 3.74. The van der Waals surface area contributed by atoms with E-state index in [4.69, 9.17) is 4.74 Å². The lowest BCUT2D eigenvalue weighted by Gasteiger charge is -2.25. The number of esters is 1. The maximum Gasteiger partial charge on any atom is 0.323 e. The average molecular weight is 145 g/mol. The van der Waals surface area contributed by atoms with Crippen LogP contribution in [0.3, 0.4) is 0 Å². The second kappa shape index (κ2) is 3.56. The number of carbonyl (C=O) groups excluding carboxylic acids is 1. The first-order valence-corrected chi connectivity index (χ1v) is 3.74. The summed E-state index contributed by atoms with van der Waals surface area (Å²) in [7, 11) is 0. The fourth-order valence-corrected chi connectivity index (χ4v) is 0.793. The van der Waals surface area contributed by atoms with E-state index in [0.29, 0.717) is 6.61 Å². The summed E-state index contributed by atoms with van der Waals surface area (Å²) >= 11 is 0. The molecule has 3 heteroatoms. The van der Waals surface area contributed by atoms with Crippen LogP contribution in [0.4, 0.5) is 0 Å². The third-order valence-electron chi connectivity index (χ3n) is 1.56. The van der Waals surface area contributed by atoms with E-state index in [-0.39, 0.29) is 13.4 Å². The first-order chi connectivity index (χ1) is 4.84. The Bertz CT molecular complexity index is 126. The summed E-state index contributed by atoms with van der Waals surface area (Å²) in [6.07, 6.45) is 1.83. The molecule has 0 bridgehead atoms. The van der Waals surface area contributed by atoms with Crippen molar-refractivity contribution in [3.05, 3.63) is 0 Å². The van der Waals surface area contributed by atoms with Gasteiger partial charge in [-0.2, -0.15) is 0 Å². The van der Waals surface area contributed by atoms with E-state index in [0.717, 1.165) is 19.4 Å². The SMILES string of the molecule is CCCOC(=O)[C@@H]1CCN1.[HH]. The highest BCUT2D eigenvalue weighted by Gasteiger charge is 2.25. The van der Waals surface area contributed by atoms with Crippen molar-refractivity contribution in [3.63, 3.8) is 0 Å². The lowest BCUT2D eigenvalue weighted by molar-refractivity contribution is -0.148. The van der Waals surface area contributed by atoms with E-state index < -0.39 is 0 Å². The molecule has 1 aliphatic rings. The lowest BCUT2D eigenvalue weighted by atomic mass is 10.1. The summed E-state index contributed by atoms with van der Waals surface area (Å²) in [6.45, 7) is 3.49. The van der Waals surface area contributed by atoms with E-state index in [1.807, 2.05) is 6.92 Å². The van der Waals surface area contributed by atoms with E-state index in [2.05, 4.69) is 5.32 Å². The zero-order chi connectivity index (χ0) is 7.40. The molecular formula is C7H15NO2. The van der Waals surface area contributed by atoms with Crippen molar-refractivity contribution in [1.29, 1.82) is 0 Å². The molecule has 1 aliphatic heterocycles. The van der Waals surface area contributed by atoms with Gasteiger partial charge in [-0.3, -0.25) is 4.79 Å². The summed E-state index contributed by atoms with van der Waals surface area (Å²) in [5.74, 6) is -0.0897. The minimum Gasteiger partial charge on any atom is -0.465 e. The quantitative estimate of drug-likeness (QED) is 0.589. The van der Waals surface area contributed by atoms with Gasteiger partial charge in [0.05, 0.1) is 6.61 Å². The predicted octanol–water partition coefficient (Wildman–Crippen LogP) is 0.547. The van der Waals surface area contributed by atoms with Crippen LogP contribution in [0.5, 0.6) is 0 Å². The van der Waals surface area contributed by atoms with Crippen LogP contribution in [-0.4, -0.2) is 25.2 Å². The van der Waals surface area contributed by atoms with Crippen molar-refractivity contribution in [1.82, 2.24) is 5.32 Å².